The molecule has 0 amide bonds. The summed E-state index contributed by atoms with van der Waals surface area (Å²) in [5, 5.41) is 0.744. The van der Waals surface area contributed by atoms with Crippen molar-refractivity contribution in [3.8, 4) is 0 Å². The monoisotopic (exact) mass is 298 g/mol. The Bertz CT molecular complexity index is 757. The van der Waals surface area contributed by atoms with Gasteiger partial charge in [-0.05, 0) is 31.0 Å². The minimum absolute atomic E-state index is 0.744. The van der Waals surface area contributed by atoms with E-state index >= 15 is 0 Å². The van der Waals surface area contributed by atoms with Crippen LogP contribution < -0.4 is 0 Å². The number of rotatable bonds is 4. The molecule has 0 saturated heterocycles. The van der Waals surface area contributed by atoms with Crippen molar-refractivity contribution in [2.24, 2.45) is 0 Å². The Morgan fingerprint density at radius 2 is 1.86 bits per heavy atom. The first-order valence-corrected chi connectivity index (χ1v) is 7.76. The van der Waals surface area contributed by atoms with Crippen molar-refractivity contribution in [3.63, 3.8) is 0 Å². The van der Waals surface area contributed by atoms with Gasteiger partial charge in [0.1, 0.15) is 5.65 Å². The Kier molecular flexibility index (Phi) is 3.98. The number of pyridine rings is 1. The van der Waals surface area contributed by atoms with E-state index in [0.717, 1.165) is 29.9 Å². The molecule has 3 aromatic rings. The van der Waals surface area contributed by atoms with E-state index in [1.54, 1.807) is 0 Å². The van der Waals surface area contributed by atoms with Gasteiger partial charge >= 0.3 is 0 Å². The third kappa shape index (κ3) is 2.96. The molecule has 0 bridgehead atoms. The summed E-state index contributed by atoms with van der Waals surface area (Å²) < 4.78 is 2.13. The quantitative estimate of drug-likeness (QED) is 0.674. The van der Waals surface area contributed by atoms with E-state index in [1.807, 2.05) is 18.3 Å². The normalized spacial score (nSPS) is 11.2. The van der Waals surface area contributed by atoms with Crippen molar-refractivity contribution in [3.05, 3.63) is 70.1 Å². The first kappa shape index (κ1) is 14.2. The largest absolute Gasteiger partial charge is 0.302 e. The van der Waals surface area contributed by atoms with Crippen LogP contribution in [-0.2, 0) is 12.8 Å². The molecule has 0 radical (unpaired) electrons. The molecular weight excluding hydrogens is 280 g/mol. The Balaban J connectivity index is 2.07. The zero-order valence-corrected chi connectivity index (χ0v) is 13.2. The molecule has 3 rings (SSSR count). The van der Waals surface area contributed by atoms with Crippen LogP contribution in [0.25, 0.3) is 5.65 Å². The molecule has 0 atom stereocenters. The molecular formula is C18H19ClN2. The summed E-state index contributed by atoms with van der Waals surface area (Å²) in [7, 11) is 0. The summed E-state index contributed by atoms with van der Waals surface area (Å²) >= 11 is 6.15. The van der Waals surface area contributed by atoms with Crippen molar-refractivity contribution in [1.29, 1.82) is 0 Å². The van der Waals surface area contributed by atoms with Gasteiger partial charge < -0.3 is 4.40 Å². The van der Waals surface area contributed by atoms with Gasteiger partial charge in [0.25, 0.3) is 0 Å². The van der Waals surface area contributed by atoms with Crippen molar-refractivity contribution < 1.29 is 0 Å². The van der Waals surface area contributed by atoms with E-state index in [0.29, 0.717) is 0 Å². The van der Waals surface area contributed by atoms with Gasteiger partial charge in [0.2, 0.25) is 0 Å². The van der Waals surface area contributed by atoms with Gasteiger partial charge in [0, 0.05) is 12.6 Å². The predicted molar refractivity (Wildman–Crippen MR) is 88.2 cm³/mol. The van der Waals surface area contributed by atoms with Crippen LogP contribution >= 0.6 is 11.6 Å². The summed E-state index contributed by atoms with van der Waals surface area (Å²) in [6.07, 6.45) is 4.95. The summed E-state index contributed by atoms with van der Waals surface area (Å²) in [4.78, 5) is 4.76. The lowest BCUT2D eigenvalue weighted by Gasteiger charge is -2.06. The SMILES string of the molecule is CCCc1nc2ccc(Cl)cn2c1Cc1ccc(C)cc1. The van der Waals surface area contributed by atoms with Crippen LogP contribution in [0, 0.1) is 6.92 Å². The highest BCUT2D eigenvalue weighted by Crippen LogP contribution is 2.21. The minimum Gasteiger partial charge on any atom is -0.302 e. The van der Waals surface area contributed by atoms with Gasteiger partial charge in [-0.3, -0.25) is 0 Å². The molecule has 0 unspecified atom stereocenters. The Morgan fingerprint density at radius 3 is 2.57 bits per heavy atom. The molecule has 2 aromatic heterocycles. The predicted octanol–water partition coefficient (Wildman–Crippen LogP) is 4.84. The van der Waals surface area contributed by atoms with Crippen LogP contribution in [0.3, 0.4) is 0 Å². The van der Waals surface area contributed by atoms with E-state index in [1.165, 1.54) is 22.5 Å². The molecule has 0 spiro atoms. The number of nitrogens with zero attached hydrogens (tertiary/aromatic N) is 2. The average Bonchev–Trinajstić information content (AvgIpc) is 2.79. The zero-order chi connectivity index (χ0) is 14.8. The van der Waals surface area contributed by atoms with Crippen molar-refractivity contribution in [1.82, 2.24) is 9.38 Å². The van der Waals surface area contributed by atoms with E-state index in [9.17, 15) is 0 Å². The first-order chi connectivity index (χ1) is 10.2. The molecule has 2 heterocycles. The number of hydrogen-bond acceptors (Lipinski definition) is 1. The van der Waals surface area contributed by atoms with Crippen molar-refractivity contribution >= 4 is 17.2 Å². The van der Waals surface area contributed by atoms with Crippen LogP contribution in [0.5, 0.6) is 0 Å². The molecule has 0 N–H and O–H groups in total. The second-order valence-corrected chi connectivity index (χ2v) is 5.93. The third-order valence-electron chi connectivity index (χ3n) is 3.74. The van der Waals surface area contributed by atoms with Gasteiger partial charge in [-0.15, -0.1) is 0 Å². The lowest BCUT2D eigenvalue weighted by molar-refractivity contribution is 0.867. The van der Waals surface area contributed by atoms with Crippen molar-refractivity contribution in [2.45, 2.75) is 33.1 Å². The Hall–Kier alpha value is -1.80. The molecule has 3 heteroatoms. The maximum atomic E-state index is 6.15. The minimum atomic E-state index is 0.744. The highest BCUT2D eigenvalue weighted by Gasteiger charge is 2.12. The molecule has 1 aromatic carbocycles. The third-order valence-corrected chi connectivity index (χ3v) is 3.97. The molecule has 0 aliphatic carbocycles. The summed E-state index contributed by atoms with van der Waals surface area (Å²) in [6.45, 7) is 4.30. The van der Waals surface area contributed by atoms with Crippen LogP contribution in [0.15, 0.2) is 42.6 Å². The fourth-order valence-electron chi connectivity index (χ4n) is 2.64. The molecule has 0 fully saturated rings. The number of imidazole rings is 1. The Labute approximate surface area is 130 Å². The van der Waals surface area contributed by atoms with Gasteiger partial charge in [-0.2, -0.15) is 0 Å². The molecule has 108 valence electrons. The van der Waals surface area contributed by atoms with E-state index < -0.39 is 0 Å². The van der Waals surface area contributed by atoms with E-state index in [2.05, 4.69) is 42.5 Å². The molecule has 0 aliphatic rings. The van der Waals surface area contributed by atoms with Crippen LogP contribution in [0.2, 0.25) is 5.02 Å². The second kappa shape index (κ2) is 5.90. The van der Waals surface area contributed by atoms with Gasteiger partial charge in [0.05, 0.1) is 16.4 Å². The highest BCUT2D eigenvalue weighted by molar-refractivity contribution is 6.30. The number of fused-ring (bicyclic) bond motifs is 1. The average molecular weight is 299 g/mol. The standard InChI is InChI=1S/C18H19ClN2/c1-3-4-16-17(11-14-7-5-13(2)6-8-14)21-12-15(19)9-10-18(21)20-16/h5-10,12H,3-4,11H2,1-2H3. The summed E-state index contributed by atoms with van der Waals surface area (Å²) in [5.41, 5.74) is 6.00. The number of aromatic nitrogens is 2. The molecule has 0 saturated carbocycles. The van der Waals surface area contributed by atoms with Crippen LogP contribution in [0.4, 0.5) is 0 Å². The topological polar surface area (TPSA) is 17.3 Å². The number of benzene rings is 1. The summed E-state index contributed by atoms with van der Waals surface area (Å²) in [6, 6.07) is 12.6. The van der Waals surface area contributed by atoms with Gasteiger partial charge in [-0.1, -0.05) is 54.8 Å². The van der Waals surface area contributed by atoms with E-state index in [4.69, 9.17) is 16.6 Å². The van der Waals surface area contributed by atoms with Crippen LogP contribution in [-0.4, -0.2) is 9.38 Å². The van der Waals surface area contributed by atoms with Crippen LogP contribution in [0.1, 0.15) is 35.9 Å². The number of hydrogen-bond donors (Lipinski definition) is 0. The summed E-state index contributed by atoms with van der Waals surface area (Å²) in [5.74, 6) is 0. The smallest absolute Gasteiger partial charge is 0.137 e. The number of halogens is 1. The van der Waals surface area contributed by atoms with E-state index in [-0.39, 0.29) is 0 Å². The number of aryl methyl sites for hydroxylation is 2. The maximum Gasteiger partial charge on any atom is 0.137 e. The highest BCUT2D eigenvalue weighted by atomic mass is 35.5. The Morgan fingerprint density at radius 1 is 1.10 bits per heavy atom. The molecule has 0 aliphatic heterocycles. The van der Waals surface area contributed by atoms with Gasteiger partial charge in [-0.25, -0.2) is 4.98 Å². The fourth-order valence-corrected chi connectivity index (χ4v) is 2.80. The zero-order valence-electron chi connectivity index (χ0n) is 12.4. The lowest BCUT2D eigenvalue weighted by atomic mass is 10.1. The second-order valence-electron chi connectivity index (χ2n) is 5.49. The van der Waals surface area contributed by atoms with Crippen molar-refractivity contribution in [2.75, 3.05) is 0 Å². The fraction of sp³-hybridized carbons (Fsp3) is 0.278. The maximum absolute atomic E-state index is 6.15. The van der Waals surface area contributed by atoms with Gasteiger partial charge in [0.15, 0.2) is 0 Å². The molecule has 21 heavy (non-hydrogen) atoms. The first-order valence-electron chi connectivity index (χ1n) is 7.38. The molecule has 2 nitrogen and oxygen atoms in total. The lowest BCUT2D eigenvalue weighted by Crippen LogP contribution is -1.99.